The van der Waals surface area contributed by atoms with Gasteiger partial charge in [0.1, 0.15) is 5.82 Å². The number of aromatic nitrogens is 2. The van der Waals surface area contributed by atoms with Gasteiger partial charge in [-0.25, -0.2) is 4.39 Å². The van der Waals surface area contributed by atoms with Crippen molar-refractivity contribution in [2.75, 3.05) is 6.54 Å². The SMILES string of the molecule is Cc1cc(F)ccc1-c1nn(C)cc1CNCC(C)C. The van der Waals surface area contributed by atoms with Crippen LogP contribution in [0.3, 0.4) is 0 Å². The maximum Gasteiger partial charge on any atom is 0.123 e. The number of aryl methyl sites for hydroxylation is 2. The number of hydrogen-bond donors (Lipinski definition) is 1. The highest BCUT2D eigenvalue weighted by molar-refractivity contribution is 5.66. The van der Waals surface area contributed by atoms with Crippen LogP contribution in [0.5, 0.6) is 0 Å². The number of nitrogens with zero attached hydrogens (tertiary/aromatic N) is 2. The van der Waals surface area contributed by atoms with Gasteiger partial charge >= 0.3 is 0 Å². The van der Waals surface area contributed by atoms with Crippen molar-refractivity contribution < 1.29 is 4.39 Å². The van der Waals surface area contributed by atoms with Gasteiger partial charge in [-0.3, -0.25) is 4.68 Å². The predicted molar refractivity (Wildman–Crippen MR) is 79.9 cm³/mol. The molecule has 20 heavy (non-hydrogen) atoms. The van der Waals surface area contributed by atoms with Crippen LogP contribution in [0.4, 0.5) is 4.39 Å². The van der Waals surface area contributed by atoms with Crippen molar-refractivity contribution in [2.24, 2.45) is 13.0 Å². The molecule has 0 radical (unpaired) electrons. The molecule has 0 bridgehead atoms. The highest BCUT2D eigenvalue weighted by atomic mass is 19.1. The second-order valence-corrected chi connectivity index (χ2v) is 5.66. The Morgan fingerprint density at radius 2 is 2.10 bits per heavy atom. The van der Waals surface area contributed by atoms with Gasteiger partial charge in [-0.15, -0.1) is 0 Å². The van der Waals surface area contributed by atoms with Gasteiger partial charge in [-0.2, -0.15) is 5.10 Å². The first-order chi connectivity index (χ1) is 9.47. The lowest BCUT2D eigenvalue weighted by Gasteiger charge is -2.09. The van der Waals surface area contributed by atoms with E-state index in [2.05, 4.69) is 24.3 Å². The molecule has 0 saturated heterocycles. The molecular formula is C16H22FN3. The van der Waals surface area contributed by atoms with Gasteiger partial charge in [0, 0.05) is 30.9 Å². The van der Waals surface area contributed by atoms with Crippen molar-refractivity contribution in [2.45, 2.75) is 27.3 Å². The summed E-state index contributed by atoms with van der Waals surface area (Å²) in [6.07, 6.45) is 2.02. The van der Waals surface area contributed by atoms with Crippen LogP contribution in [0.15, 0.2) is 24.4 Å². The lowest BCUT2D eigenvalue weighted by molar-refractivity contribution is 0.552. The van der Waals surface area contributed by atoms with Crippen molar-refractivity contribution in [3.05, 3.63) is 41.3 Å². The monoisotopic (exact) mass is 275 g/mol. The molecule has 1 N–H and O–H groups in total. The average molecular weight is 275 g/mol. The maximum absolute atomic E-state index is 13.2. The van der Waals surface area contributed by atoms with Crippen molar-refractivity contribution >= 4 is 0 Å². The highest BCUT2D eigenvalue weighted by Crippen LogP contribution is 2.25. The molecule has 1 heterocycles. The van der Waals surface area contributed by atoms with Gasteiger partial charge in [0.05, 0.1) is 5.69 Å². The lowest BCUT2D eigenvalue weighted by Crippen LogP contribution is -2.19. The summed E-state index contributed by atoms with van der Waals surface area (Å²) < 4.78 is 15.0. The molecule has 2 aromatic rings. The third-order valence-corrected chi connectivity index (χ3v) is 3.22. The molecule has 0 aliphatic carbocycles. The summed E-state index contributed by atoms with van der Waals surface area (Å²) in [6.45, 7) is 8.02. The highest BCUT2D eigenvalue weighted by Gasteiger charge is 2.12. The molecule has 0 amide bonds. The molecule has 0 atom stereocenters. The molecule has 0 spiro atoms. The van der Waals surface area contributed by atoms with Gasteiger partial charge in [0.15, 0.2) is 0 Å². The Hall–Kier alpha value is -1.68. The molecule has 0 aliphatic rings. The number of halogens is 1. The van der Waals surface area contributed by atoms with E-state index in [-0.39, 0.29) is 5.82 Å². The molecule has 4 heteroatoms. The summed E-state index contributed by atoms with van der Waals surface area (Å²) in [5.74, 6) is 0.407. The van der Waals surface area contributed by atoms with Crippen LogP contribution >= 0.6 is 0 Å². The minimum atomic E-state index is -0.207. The molecule has 108 valence electrons. The number of nitrogens with one attached hydrogen (secondary N) is 1. The lowest BCUT2D eigenvalue weighted by atomic mass is 10.0. The van der Waals surface area contributed by atoms with E-state index in [1.165, 1.54) is 6.07 Å². The van der Waals surface area contributed by atoms with Gasteiger partial charge in [-0.1, -0.05) is 13.8 Å². The zero-order valence-electron chi connectivity index (χ0n) is 12.6. The van der Waals surface area contributed by atoms with Crippen molar-refractivity contribution in [1.82, 2.24) is 15.1 Å². The van der Waals surface area contributed by atoms with Gasteiger partial charge < -0.3 is 5.32 Å². The maximum atomic E-state index is 13.2. The minimum absolute atomic E-state index is 0.207. The first-order valence-electron chi connectivity index (χ1n) is 6.97. The van der Waals surface area contributed by atoms with E-state index in [0.29, 0.717) is 5.92 Å². The van der Waals surface area contributed by atoms with Crippen LogP contribution in [-0.2, 0) is 13.6 Å². The average Bonchev–Trinajstić information content (AvgIpc) is 2.70. The van der Waals surface area contributed by atoms with Crippen molar-refractivity contribution in [1.29, 1.82) is 0 Å². The van der Waals surface area contributed by atoms with Gasteiger partial charge in [0.25, 0.3) is 0 Å². The van der Waals surface area contributed by atoms with E-state index in [1.54, 1.807) is 12.1 Å². The van der Waals surface area contributed by atoms with E-state index in [9.17, 15) is 4.39 Å². The predicted octanol–water partition coefficient (Wildman–Crippen LogP) is 3.28. The zero-order valence-corrected chi connectivity index (χ0v) is 12.6. The molecule has 3 nitrogen and oxygen atoms in total. The van der Waals surface area contributed by atoms with Crippen molar-refractivity contribution in [3.8, 4) is 11.3 Å². The fraction of sp³-hybridized carbons (Fsp3) is 0.438. The summed E-state index contributed by atoms with van der Waals surface area (Å²) in [7, 11) is 1.91. The quantitative estimate of drug-likeness (QED) is 0.907. The Labute approximate surface area is 119 Å². The Kier molecular flexibility index (Phi) is 4.55. The molecule has 1 aromatic carbocycles. The first-order valence-corrected chi connectivity index (χ1v) is 6.97. The Balaban J connectivity index is 2.27. The molecule has 0 saturated carbocycles. The second kappa shape index (κ2) is 6.18. The van der Waals surface area contributed by atoms with E-state index < -0.39 is 0 Å². The Morgan fingerprint density at radius 3 is 2.75 bits per heavy atom. The number of rotatable bonds is 5. The third-order valence-electron chi connectivity index (χ3n) is 3.22. The molecule has 0 fully saturated rings. The third kappa shape index (κ3) is 3.45. The fourth-order valence-corrected chi connectivity index (χ4v) is 2.28. The molecule has 0 unspecified atom stereocenters. The van der Waals surface area contributed by atoms with Crippen LogP contribution in [0.1, 0.15) is 25.0 Å². The summed E-state index contributed by atoms with van der Waals surface area (Å²) in [5.41, 5.74) is 3.98. The zero-order chi connectivity index (χ0) is 14.7. The molecule has 2 rings (SSSR count). The van der Waals surface area contributed by atoms with Crippen LogP contribution in [0.2, 0.25) is 0 Å². The van der Waals surface area contributed by atoms with Crippen LogP contribution in [0, 0.1) is 18.7 Å². The topological polar surface area (TPSA) is 29.9 Å². The van der Waals surface area contributed by atoms with Crippen LogP contribution < -0.4 is 5.32 Å². The van der Waals surface area contributed by atoms with Crippen molar-refractivity contribution in [3.63, 3.8) is 0 Å². The summed E-state index contributed by atoms with van der Waals surface area (Å²) in [4.78, 5) is 0. The van der Waals surface area contributed by atoms with E-state index in [4.69, 9.17) is 0 Å². The summed E-state index contributed by atoms with van der Waals surface area (Å²) >= 11 is 0. The second-order valence-electron chi connectivity index (χ2n) is 5.66. The fourth-order valence-electron chi connectivity index (χ4n) is 2.28. The van der Waals surface area contributed by atoms with E-state index in [0.717, 1.165) is 35.5 Å². The van der Waals surface area contributed by atoms with Gasteiger partial charge in [-0.05, 0) is 43.1 Å². The summed E-state index contributed by atoms with van der Waals surface area (Å²) in [6, 6.07) is 4.84. The standard InChI is InChI=1S/C16H22FN3/c1-11(2)8-18-9-13-10-20(4)19-16(13)15-6-5-14(17)7-12(15)3/h5-7,10-11,18H,8-9H2,1-4H3. The normalized spacial score (nSPS) is 11.3. The Morgan fingerprint density at radius 1 is 1.35 bits per heavy atom. The Bertz CT molecular complexity index is 587. The molecular weight excluding hydrogens is 253 g/mol. The van der Waals surface area contributed by atoms with E-state index >= 15 is 0 Å². The largest absolute Gasteiger partial charge is 0.312 e. The number of benzene rings is 1. The molecule has 1 aromatic heterocycles. The first kappa shape index (κ1) is 14.7. The summed E-state index contributed by atoms with van der Waals surface area (Å²) in [5, 5.41) is 7.95. The van der Waals surface area contributed by atoms with Gasteiger partial charge in [0.2, 0.25) is 0 Å². The van der Waals surface area contributed by atoms with E-state index in [1.807, 2.05) is 24.9 Å². The smallest absolute Gasteiger partial charge is 0.123 e. The van der Waals surface area contributed by atoms with Crippen LogP contribution in [-0.4, -0.2) is 16.3 Å². The molecule has 0 aliphatic heterocycles. The number of hydrogen-bond acceptors (Lipinski definition) is 2. The van der Waals surface area contributed by atoms with Crippen LogP contribution in [0.25, 0.3) is 11.3 Å². The minimum Gasteiger partial charge on any atom is -0.312 e.